The first-order valence-corrected chi connectivity index (χ1v) is 11.4. The number of rotatable bonds is 7. The predicted molar refractivity (Wildman–Crippen MR) is 134 cm³/mol. The number of esters is 1. The molecule has 0 fully saturated rings. The minimum atomic E-state index is -1.10. The first-order valence-electron chi connectivity index (χ1n) is 11.4. The molecule has 1 atom stereocenters. The lowest BCUT2D eigenvalue weighted by atomic mass is 10.0. The van der Waals surface area contributed by atoms with Crippen LogP contribution in [0.5, 0.6) is 5.75 Å². The average molecular weight is 488 g/mol. The van der Waals surface area contributed by atoms with Gasteiger partial charge in [0.15, 0.2) is 0 Å². The summed E-state index contributed by atoms with van der Waals surface area (Å²) in [6, 6.07) is 18.7. The summed E-state index contributed by atoms with van der Waals surface area (Å²) in [6.07, 6.45) is -0.291. The number of hydrogen-bond donors (Lipinski definition) is 2. The molecule has 0 aromatic heterocycles. The van der Waals surface area contributed by atoms with Crippen LogP contribution in [-0.4, -0.2) is 43.4 Å². The smallest absolute Gasteiger partial charge is 0.338 e. The number of benzene rings is 3. The normalized spacial score (nSPS) is 14.3. The van der Waals surface area contributed by atoms with E-state index in [0.717, 1.165) is 0 Å². The van der Waals surface area contributed by atoms with Crippen LogP contribution < -0.4 is 20.3 Å². The molecule has 0 aliphatic carbocycles. The highest BCUT2D eigenvalue weighted by Gasteiger charge is 2.39. The van der Waals surface area contributed by atoms with E-state index in [2.05, 4.69) is 10.6 Å². The van der Waals surface area contributed by atoms with Gasteiger partial charge in [0, 0.05) is 5.69 Å². The summed E-state index contributed by atoms with van der Waals surface area (Å²) in [7, 11) is 1.46. The molecule has 1 aliphatic rings. The van der Waals surface area contributed by atoms with E-state index in [9.17, 15) is 19.2 Å². The maximum Gasteiger partial charge on any atom is 0.338 e. The Morgan fingerprint density at radius 3 is 2.39 bits per heavy atom. The lowest BCUT2D eigenvalue weighted by molar-refractivity contribution is -0.122. The van der Waals surface area contributed by atoms with E-state index in [0.29, 0.717) is 28.4 Å². The number of carbonyl (C=O) groups excluding carboxylic acids is 4. The molecule has 184 valence electrons. The van der Waals surface area contributed by atoms with Gasteiger partial charge in [-0.3, -0.25) is 19.3 Å². The zero-order valence-electron chi connectivity index (χ0n) is 19.8. The van der Waals surface area contributed by atoms with Crippen LogP contribution in [0, 0.1) is 0 Å². The van der Waals surface area contributed by atoms with Gasteiger partial charge in [0.25, 0.3) is 5.91 Å². The van der Waals surface area contributed by atoms with E-state index in [1.54, 1.807) is 67.6 Å². The quantitative estimate of drug-likeness (QED) is 0.489. The molecule has 0 saturated carbocycles. The van der Waals surface area contributed by atoms with Gasteiger partial charge in [0.05, 0.1) is 42.6 Å². The highest BCUT2D eigenvalue weighted by Crippen LogP contribution is 2.35. The molecule has 2 N–H and O–H groups in total. The predicted octanol–water partition coefficient (Wildman–Crippen LogP) is 3.87. The molecule has 1 heterocycles. The molecule has 0 spiro atoms. The van der Waals surface area contributed by atoms with Crippen molar-refractivity contribution in [1.82, 2.24) is 0 Å². The van der Waals surface area contributed by atoms with E-state index in [1.807, 2.05) is 0 Å². The van der Waals surface area contributed by atoms with Crippen LogP contribution in [0.4, 0.5) is 17.1 Å². The lowest BCUT2D eigenvalue weighted by Crippen LogP contribution is -2.52. The second-order valence-electron chi connectivity index (χ2n) is 7.95. The molecule has 4 rings (SSSR count). The fraction of sp³-hybridized carbons (Fsp3) is 0.185. The summed E-state index contributed by atoms with van der Waals surface area (Å²) < 4.78 is 10.3. The second-order valence-corrected chi connectivity index (χ2v) is 7.95. The van der Waals surface area contributed by atoms with Gasteiger partial charge in [-0.2, -0.15) is 0 Å². The van der Waals surface area contributed by atoms with E-state index >= 15 is 0 Å². The van der Waals surface area contributed by atoms with E-state index in [-0.39, 0.29) is 18.6 Å². The third-order valence-electron chi connectivity index (χ3n) is 5.65. The van der Waals surface area contributed by atoms with Gasteiger partial charge >= 0.3 is 5.97 Å². The number of anilines is 3. The topological polar surface area (TPSA) is 114 Å². The van der Waals surface area contributed by atoms with Crippen LogP contribution in [0.1, 0.15) is 34.1 Å². The fourth-order valence-electron chi connectivity index (χ4n) is 3.97. The summed E-state index contributed by atoms with van der Waals surface area (Å²) in [5.41, 5.74) is 2.00. The van der Waals surface area contributed by atoms with Crippen LogP contribution >= 0.6 is 0 Å². The van der Waals surface area contributed by atoms with E-state index in [1.165, 1.54) is 24.1 Å². The third-order valence-corrected chi connectivity index (χ3v) is 5.65. The summed E-state index contributed by atoms with van der Waals surface area (Å²) in [4.78, 5) is 52.9. The molecule has 3 aromatic carbocycles. The highest BCUT2D eigenvalue weighted by molar-refractivity contribution is 6.18. The van der Waals surface area contributed by atoms with Gasteiger partial charge in [0.1, 0.15) is 11.8 Å². The Bertz CT molecular complexity index is 1300. The molecule has 0 bridgehead atoms. The van der Waals surface area contributed by atoms with Gasteiger partial charge < -0.3 is 20.1 Å². The first-order chi connectivity index (χ1) is 17.4. The Balaban J connectivity index is 1.59. The number of para-hydroxylation sites is 3. The zero-order valence-corrected chi connectivity index (χ0v) is 19.8. The molecule has 3 amide bonds. The van der Waals surface area contributed by atoms with Gasteiger partial charge in [0.2, 0.25) is 11.8 Å². The minimum Gasteiger partial charge on any atom is -0.496 e. The number of ether oxygens (including phenoxy) is 2. The largest absolute Gasteiger partial charge is 0.496 e. The van der Waals surface area contributed by atoms with Crippen molar-refractivity contribution >= 4 is 40.8 Å². The van der Waals surface area contributed by atoms with Crippen molar-refractivity contribution in [3.63, 3.8) is 0 Å². The van der Waals surface area contributed by atoms with Crippen molar-refractivity contribution in [3.05, 3.63) is 83.9 Å². The zero-order chi connectivity index (χ0) is 25.7. The van der Waals surface area contributed by atoms with Crippen molar-refractivity contribution in [1.29, 1.82) is 0 Å². The van der Waals surface area contributed by atoms with Gasteiger partial charge in [-0.15, -0.1) is 0 Å². The number of nitrogens with one attached hydrogen (secondary N) is 2. The standard InChI is InChI=1S/C27H25N3O6/c1-3-36-27(34)17-12-14-18(15-13-17)28-24(31)16-22-25(32)29-20-9-5-6-10-21(20)30(22)26(33)19-8-4-7-11-23(19)35-2/h4-15,22H,3,16H2,1-2H3,(H,28,31)(H,29,32)/t22-/m0/s1. The van der Waals surface area contributed by atoms with Gasteiger partial charge in [-0.25, -0.2) is 4.79 Å². The molecular weight excluding hydrogens is 462 g/mol. The summed E-state index contributed by atoms with van der Waals surface area (Å²) in [5.74, 6) is -1.53. The maximum atomic E-state index is 13.7. The number of nitrogens with zero attached hydrogens (tertiary/aromatic N) is 1. The lowest BCUT2D eigenvalue weighted by Gasteiger charge is -2.36. The van der Waals surface area contributed by atoms with Crippen molar-refractivity contribution in [2.45, 2.75) is 19.4 Å². The summed E-state index contributed by atoms with van der Waals surface area (Å²) in [6.45, 7) is 1.97. The molecular formula is C27H25N3O6. The van der Waals surface area contributed by atoms with E-state index in [4.69, 9.17) is 9.47 Å². The number of fused-ring (bicyclic) bond motifs is 1. The number of methoxy groups -OCH3 is 1. The molecule has 36 heavy (non-hydrogen) atoms. The number of amides is 3. The number of carbonyl (C=O) groups is 4. The van der Waals surface area contributed by atoms with Crippen LogP contribution in [0.3, 0.4) is 0 Å². The third kappa shape index (κ3) is 5.05. The molecule has 3 aromatic rings. The fourth-order valence-corrected chi connectivity index (χ4v) is 3.97. The van der Waals surface area contributed by atoms with Crippen LogP contribution in [0.2, 0.25) is 0 Å². The van der Waals surface area contributed by atoms with Crippen molar-refractivity contribution in [2.75, 3.05) is 29.3 Å². The Kier molecular flexibility index (Phi) is 7.29. The van der Waals surface area contributed by atoms with Crippen LogP contribution in [0.15, 0.2) is 72.8 Å². The Labute approximate surface area is 208 Å². The van der Waals surface area contributed by atoms with Gasteiger partial charge in [-0.05, 0) is 55.5 Å². The number of hydrogen-bond acceptors (Lipinski definition) is 6. The Morgan fingerprint density at radius 1 is 0.972 bits per heavy atom. The Morgan fingerprint density at radius 2 is 1.67 bits per heavy atom. The van der Waals surface area contributed by atoms with Crippen molar-refractivity contribution in [2.24, 2.45) is 0 Å². The van der Waals surface area contributed by atoms with Crippen LogP contribution in [-0.2, 0) is 14.3 Å². The summed E-state index contributed by atoms with van der Waals surface area (Å²) >= 11 is 0. The molecule has 9 heteroatoms. The molecule has 0 saturated heterocycles. The highest BCUT2D eigenvalue weighted by atomic mass is 16.5. The van der Waals surface area contributed by atoms with Crippen LogP contribution in [0.25, 0.3) is 0 Å². The molecule has 9 nitrogen and oxygen atoms in total. The molecule has 0 radical (unpaired) electrons. The Hall–Kier alpha value is -4.66. The van der Waals surface area contributed by atoms with Crippen molar-refractivity contribution < 1.29 is 28.7 Å². The first kappa shape index (κ1) is 24.5. The SMILES string of the molecule is CCOC(=O)c1ccc(NC(=O)C[C@H]2C(=O)Nc3ccccc3N2C(=O)c2ccccc2OC)cc1. The maximum absolute atomic E-state index is 13.7. The van der Waals surface area contributed by atoms with E-state index < -0.39 is 29.7 Å². The van der Waals surface area contributed by atoms with Gasteiger partial charge in [-0.1, -0.05) is 24.3 Å². The van der Waals surface area contributed by atoms with Crippen molar-refractivity contribution in [3.8, 4) is 5.75 Å². The summed E-state index contributed by atoms with van der Waals surface area (Å²) in [5, 5.41) is 5.50. The average Bonchev–Trinajstić information content (AvgIpc) is 2.89. The second kappa shape index (κ2) is 10.7. The molecule has 0 unspecified atom stereocenters. The minimum absolute atomic E-state index is 0.258. The molecule has 1 aliphatic heterocycles. The monoisotopic (exact) mass is 487 g/mol.